The average molecular weight is 313 g/mol. The number of carbonyl (C=O) groups is 1. The van der Waals surface area contributed by atoms with Gasteiger partial charge in [0, 0.05) is 6.54 Å². The summed E-state index contributed by atoms with van der Waals surface area (Å²) in [5, 5.41) is 18.5. The highest BCUT2D eigenvalue weighted by atomic mass is 32.2. The SMILES string of the molecule is Cc1ccc(C(=O)O)cc1S(=O)(=O)N1CCC(C)C1CO. The van der Waals surface area contributed by atoms with Gasteiger partial charge in [-0.3, -0.25) is 0 Å². The van der Waals surface area contributed by atoms with E-state index in [0.717, 1.165) is 0 Å². The minimum absolute atomic E-state index is 0.00468. The molecule has 2 atom stereocenters. The topological polar surface area (TPSA) is 94.9 Å². The molecule has 1 aromatic rings. The Morgan fingerprint density at radius 3 is 2.67 bits per heavy atom. The normalized spacial score (nSPS) is 23.4. The number of benzene rings is 1. The average Bonchev–Trinajstić information content (AvgIpc) is 2.80. The van der Waals surface area contributed by atoms with Gasteiger partial charge in [-0.15, -0.1) is 0 Å². The molecule has 116 valence electrons. The van der Waals surface area contributed by atoms with Crippen molar-refractivity contribution in [3.05, 3.63) is 29.3 Å². The number of carboxylic acid groups (broad SMARTS) is 1. The predicted molar refractivity (Wildman–Crippen MR) is 76.7 cm³/mol. The lowest BCUT2D eigenvalue weighted by atomic mass is 10.0. The molecule has 0 radical (unpaired) electrons. The van der Waals surface area contributed by atoms with E-state index < -0.39 is 22.0 Å². The summed E-state index contributed by atoms with van der Waals surface area (Å²) in [7, 11) is -3.81. The van der Waals surface area contributed by atoms with E-state index >= 15 is 0 Å². The van der Waals surface area contributed by atoms with Crippen molar-refractivity contribution in [1.82, 2.24) is 4.31 Å². The van der Waals surface area contributed by atoms with Crippen LogP contribution in [0.4, 0.5) is 0 Å². The second-order valence-corrected chi connectivity index (χ2v) is 7.28. The van der Waals surface area contributed by atoms with Gasteiger partial charge < -0.3 is 10.2 Å². The minimum atomic E-state index is -3.81. The van der Waals surface area contributed by atoms with Crippen LogP contribution in [-0.2, 0) is 10.0 Å². The first-order valence-corrected chi connectivity index (χ1v) is 8.19. The highest BCUT2D eigenvalue weighted by molar-refractivity contribution is 7.89. The van der Waals surface area contributed by atoms with Crippen LogP contribution in [0.25, 0.3) is 0 Å². The predicted octanol–water partition coefficient (Wildman–Crippen LogP) is 1.08. The lowest BCUT2D eigenvalue weighted by Crippen LogP contribution is -2.40. The van der Waals surface area contributed by atoms with Crippen LogP contribution in [0, 0.1) is 12.8 Å². The van der Waals surface area contributed by atoms with Crippen molar-refractivity contribution in [2.75, 3.05) is 13.2 Å². The molecule has 0 amide bonds. The Bertz CT molecular complexity index is 655. The van der Waals surface area contributed by atoms with Crippen LogP contribution in [0.3, 0.4) is 0 Å². The maximum atomic E-state index is 12.8. The summed E-state index contributed by atoms with van der Waals surface area (Å²) >= 11 is 0. The monoisotopic (exact) mass is 313 g/mol. The van der Waals surface area contributed by atoms with E-state index in [1.54, 1.807) is 6.92 Å². The van der Waals surface area contributed by atoms with Gasteiger partial charge in [0.15, 0.2) is 0 Å². The zero-order chi connectivity index (χ0) is 15.8. The van der Waals surface area contributed by atoms with E-state index in [1.807, 2.05) is 6.92 Å². The Morgan fingerprint density at radius 1 is 1.43 bits per heavy atom. The van der Waals surface area contributed by atoms with Crippen molar-refractivity contribution in [1.29, 1.82) is 0 Å². The number of aliphatic hydroxyl groups excluding tert-OH is 1. The number of hydrogen-bond donors (Lipinski definition) is 2. The van der Waals surface area contributed by atoms with Gasteiger partial charge in [-0.2, -0.15) is 4.31 Å². The van der Waals surface area contributed by atoms with Crippen molar-refractivity contribution in [3.63, 3.8) is 0 Å². The summed E-state index contributed by atoms with van der Waals surface area (Å²) in [4.78, 5) is 11.0. The van der Waals surface area contributed by atoms with Crippen LogP contribution in [-0.4, -0.2) is 48.1 Å². The van der Waals surface area contributed by atoms with Crippen LogP contribution >= 0.6 is 0 Å². The van der Waals surface area contributed by atoms with Crippen molar-refractivity contribution in [2.45, 2.75) is 31.2 Å². The van der Waals surface area contributed by atoms with Gasteiger partial charge >= 0.3 is 5.97 Å². The second kappa shape index (κ2) is 5.75. The first-order valence-electron chi connectivity index (χ1n) is 6.75. The van der Waals surface area contributed by atoms with E-state index in [1.165, 1.54) is 22.5 Å². The maximum absolute atomic E-state index is 12.8. The number of aryl methyl sites for hydroxylation is 1. The first kappa shape index (κ1) is 15.9. The van der Waals surface area contributed by atoms with Gasteiger partial charge in [0.2, 0.25) is 10.0 Å². The molecule has 0 spiro atoms. The molecule has 2 N–H and O–H groups in total. The molecule has 0 aromatic heterocycles. The standard InChI is InChI=1S/C14H19NO5S/c1-9-5-6-15(12(9)8-16)21(19,20)13-7-11(14(17)18)4-3-10(13)2/h3-4,7,9,12,16H,5-6,8H2,1-2H3,(H,17,18). The van der Waals surface area contributed by atoms with Crippen molar-refractivity contribution >= 4 is 16.0 Å². The van der Waals surface area contributed by atoms with Gasteiger partial charge in [-0.1, -0.05) is 13.0 Å². The van der Waals surface area contributed by atoms with Crippen LogP contribution in [0.2, 0.25) is 0 Å². The summed E-state index contributed by atoms with van der Waals surface area (Å²) in [6, 6.07) is 3.60. The van der Waals surface area contributed by atoms with E-state index in [4.69, 9.17) is 5.11 Å². The molecule has 0 bridgehead atoms. The highest BCUT2D eigenvalue weighted by Crippen LogP contribution is 2.31. The largest absolute Gasteiger partial charge is 0.478 e. The Hall–Kier alpha value is -1.44. The third-order valence-electron chi connectivity index (χ3n) is 4.04. The van der Waals surface area contributed by atoms with E-state index in [0.29, 0.717) is 18.5 Å². The van der Waals surface area contributed by atoms with Crippen LogP contribution in [0.15, 0.2) is 23.1 Å². The Labute approximate surface area is 124 Å². The Balaban J connectivity index is 2.49. The quantitative estimate of drug-likeness (QED) is 0.867. The van der Waals surface area contributed by atoms with E-state index in [2.05, 4.69) is 0 Å². The lowest BCUT2D eigenvalue weighted by molar-refractivity contribution is 0.0696. The van der Waals surface area contributed by atoms with Crippen molar-refractivity contribution in [3.8, 4) is 0 Å². The zero-order valence-corrected chi connectivity index (χ0v) is 12.8. The number of rotatable bonds is 4. The number of hydrogen-bond acceptors (Lipinski definition) is 4. The number of aromatic carboxylic acids is 1. The third kappa shape index (κ3) is 2.81. The molecule has 0 aliphatic carbocycles. The fourth-order valence-electron chi connectivity index (χ4n) is 2.68. The molecular weight excluding hydrogens is 294 g/mol. The van der Waals surface area contributed by atoms with Crippen LogP contribution in [0.5, 0.6) is 0 Å². The first-order chi connectivity index (χ1) is 9.78. The van der Waals surface area contributed by atoms with Gasteiger partial charge in [0.1, 0.15) is 0 Å². The van der Waals surface area contributed by atoms with Gasteiger partial charge in [0.05, 0.1) is 23.1 Å². The van der Waals surface area contributed by atoms with Crippen molar-refractivity contribution in [2.24, 2.45) is 5.92 Å². The molecule has 0 saturated carbocycles. The summed E-state index contributed by atoms with van der Waals surface area (Å²) in [6.07, 6.45) is 0.683. The number of sulfonamides is 1. The fraction of sp³-hybridized carbons (Fsp3) is 0.500. The summed E-state index contributed by atoms with van der Waals surface area (Å²) in [6.45, 7) is 3.63. The van der Waals surface area contributed by atoms with Crippen LogP contribution in [0.1, 0.15) is 29.3 Å². The third-order valence-corrected chi connectivity index (χ3v) is 6.11. The smallest absolute Gasteiger partial charge is 0.335 e. The van der Waals surface area contributed by atoms with Crippen molar-refractivity contribution < 1.29 is 23.4 Å². The van der Waals surface area contributed by atoms with Gasteiger partial charge in [-0.25, -0.2) is 13.2 Å². The molecule has 6 nitrogen and oxygen atoms in total. The number of carboxylic acids is 1. The second-order valence-electron chi connectivity index (χ2n) is 5.42. The maximum Gasteiger partial charge on any atom is 0.335 e. The fourth-order valence-corrected chi connectivity index (χ4v) is 4.66. The molecular formula is C14H19NO5S. The van der Waals surface area contributed by atoms with Crippen LogP contribution < -0.4 is 0 Å². The Morgan fingerprint density at radius 2 is 2.10 bits per heavy atom. The Kier molecular flexibility index (Phi) is 4.36. The molecule has 1 aliphatic heterocycles. The molecule has 1 fully saturated rings. The lowest BCUT2D eigenvalue weighted by Gasteiger charge is -2.25. The molecule has 1 heterocycles. The minimum Gasteiger partial charge on any atom is -0.478 e. The molecule has 1 aromatic carbocycles. The molecule has 1 aliphatic rings. The van der Waals surface area contributed by atoms with Gasteiger partial charge in [0.25, 0.3) is 0 Å². The highest BCUT2D eigenvalue weighted by Gasteiger charge is 2.39. The molecule has 2 unspecified atom stereocenters. The summed E-state index contributed by atoms with van der Waals surface area (Å²) < 4.78 is 26.8. The molecule has 1 saturated heterocycles. The zero-order valence-electron chi connectivity index (χ0n) is 12.0. The summed E-state index contributed by atoms with van der Waals surface area (Å²) in [5.74, 6) is -1.09. The number of aliphatic hydroxyl groups is 1. The molecule has 21 heavy (non-hydrogen) atoms. The molecule has 2 rings (SSSR count). The van der Waals surface area contributed by atoms with Gasteiger partial charge in [-0.05, 0) is 37.0 Å². The summed E-state index contributed by atoms with van der Waals surface area (Å²) in [5.41, 5.74) is 0.434. The number of nitrogens with zero attached hydrogens (tertiary/aromatic N) is 1. The van der Waals surface area contributed by atoms with E-state index in [-0.39, 0.29) is 23.0 Å². The van der Waals surface area contributed by atoms with E-state index in [9.17, 15) is 18.3 Å². The molecule has 7 heteroatoms.